The number of carbonyl (C=O) groups excluding carboxylic acids is 1. The molecule has 1 aromatic rings. The number of likely N-dealkylation sites (tertiary alicyclic amines) is 1. The molecule has 3 aliphatic rings. The van der Waals surface area contributed by atoms with E-state index in [0.717, 1.165) is 32.0 Å². The van der Waals surface area contributed by atoms with E-state index >= 15 is 0 Å². The molecule has 144 valence electrons. The number of hydrogen-bond donors (Lipinski definition) is 0. The van der Waals surface area contributed by atoms with Crippen LogP contribution in [0.25, 0.3) is 0 Å². The summed E-state index contributed by atoms with van der Waals surface area (Å²) in [6.45, 7) is 4.74. The van der Waals surface area contributed by atoms with Crippen molar-refractivity contribution in [3.8, 4) is 0 Å². The smallest absolute Gasteiger partial charge is 0.289 e. The van der Waals surface area contributed by atoms with Crippen LogP contribution in [0.15, 0.2) is 22.8 Å². The zero-order valence-electron chi connectivity index (χ0n) is 15.8. The molecule has 1 aromatic heterocycles. The first-order valence-corrected chi connectivity index (χ1v) is 10.5. The van der Waals surface area contributed by atoms with Crippen molar-refractivity contribution in [3.63, 3.8) is 0 Å². The van der Waals surface area contributed by atoms with Gasteiger partial charge in [-0.05, 0) is 69.7 Å². The maximum absolute atomic E-state index is 12.9. The van der Waals surface area contributed by atoms with Gasteiger partial charge in [-0.25, -0.2) is 0 Å². The maximum Gasteiger partial charge on any atom is 0.289 e. The third kappa shape index (κ3) is 4.32. The zero-order chi connectivity index (χ0) is 17.8. The summed E-state index contributed by atoms with van der Waals surface area (Å²) in [7, 11) is 0. The highest BCUT2D eigenvalue weighted by molar-refractivity contribution is 5.91. The molecule has 5 nitrogen and oxygen atoms in total. The molecule has 2 aliphatic heterocycles. The first-order valence-electron chi connectivity index (χ1n) is 10.5. The van der Waals surface area contributed by atoms with Crippen molar-refractivity contribution in [2.45, 2.75) is 63.5 Å². The highest BCUT2D eigenvalue weighted by Gasteiger charge is 2.31. The van der Waals surface area contributed by atoms with E-state index in [1.165, 1.54) is 51.6 Å². The van der Waals surface area contributed by atoms with Crippen LogP contribution >= 0.6 is 0 Å². The van der Waals surface area contributed by atoms with Crippen molar-refractivity contribution in [3.05, 3.63) is 24.2 Å². The van der Waals surface area contributed by atoms with Gasteiger partial charge in [0.15, 0.2) is 5.76 Å². The van der Waals surface area contributed by atoms with E-state index in [2.05, 4.69) is 4.90 Å². The molecule has 3 heterocycles. The van der Waals surface area contributed by atoms with E-state index in [0.29, 0.717) is 18.2 Å². The van der Waals surface area contributed by atoms with E-state index in [9.17, 15) is 4.79 Å². The zero-order valence-corrected chi connectivity index (χ0v) is 15.8. The van der Waals surface area contributed by atoms with Crippen LogP contribution in [0.3, 0.4) is 0 Å². The van der Waals surface area contributed by atoms with E-state index < -0.39 is 0 Å². The first kappa shape index (κ1) is 18.1. The standard InChI is InChI=1S/C21H32N2O3/c24-21(20-8-4-14-26-20)23(16-19-7-3-13-25-19)15-17-9-11-22(12-10-17)18-5-1-2-6-18/h4,8,14,17-19H,1-3,5-7,9-13,15-16H2/t19-/m1/s1. The molecule has 1 saturated carbocycles. The van der Waals surface area contributed by atoms with Crippen molar-refractivity contribution in [1.29, 1.82) is 0 Å². The lowest BCUT2D eigenvalue weighted by atomic mass is 9.94. The minimum atomic E-state index is 0.0173. The number of carbonyl (C=O) groups is 1. The molecule has 1 atom stereocenters. The Balaban J connectivity index is 1.34. The fraction of sp³-hybridized carbons (Fsp3) is 0.762. The van der Waals surface area contributed by atoms with Crippen LogP contribution in [-0.2, 0) is 4.74 Å². The van der Waals surface area contributed by atoms with Crippen molar-refractivity contribution >= 4 is 5.91 Å². The minimum absolute atomic E-state index is 0.0173. The average Bonchev–Trinajstić information content (AvgIpc) is 3.44. The fourth-order valence-electron chi connectivity index (χ4n) is 4.91. The van der Waals surface area contributed by atoms with Crippen molar-refractivity contribution in [1.82, 2.24) is 9.80 Å². The molecule has 2 saturated heterocycles. The Morgan fingerprint density at radius 1 is 1.08 bits per heavy atom. The molecule has 0 aromatic carbocycles. The van der Waals surface area contributed by atoms with Crippen LogP contribution < -0.4 is 0 Å². The van der Waals surface area contributed by atoms with Gasteiger partial charge in [0.1, 0.15) is 0 Å². The van der Waals surface area contributed by atoms with Gasteiger partial charge in [-0.2, -0.15) is 0 Å². The summed E-state index contributed by atoms with van der Waals surface area (Å²) in [5, 5.41) is 0. The van der Waals surface area contributed by atoms with Crippen molar-refractivity contribution < 1.29 is 13.9 Å². The number of rotatable bonds is 6. The predicted molar refractivity (Wildman–Crippen MR) is 100 cm³/mol. The van der Waals surface area contributed by atoms with Crippen LogP contribution in [0.4, 0.5) is 0 Å². The van der Waals surface area contributed by atoms with Gasteiger partial charge in [0.05, 0.1) is 12.4 Å². The molecule has 1 amide bonds. The summed E-state index contributed by atoms with van der Waals surface area (Å²) < 4.78 is 11.2. The lowest BCUT2D eigenvalue weighted by molar-refractivity contribution is 0.0408. The quantitative estimate of drug-likeness (QED) is 0.778. The van der Waals surface area contributed by atoms with Crippen LogP contribution in [-0.4, -0.2) is 60.6 Å². The van der Waals surface area contributed by atoms with Crippen LogP contribution in [0.1, 0.15) is 61.9 Å². The molecular formula is C21H32N2O3. The fourth-order valence-corrected chi connectivity index (χ4v) is 4.91. The maximum atomic E-state index is 12.9. The topological polar surface area (TPSA) is 45.9 Å². The second kappa shape index (κ2) is 8.57. The van der Waals surface area contributed by atoms with Crippen LogP contribution in [0.5, 0.6) is 0 Å². The van der Waals surface area contributed by atoms with Gasteiger partial charge in [-0.3, -0.25) is 4.79 Å². The average molecular weight is 360 g/mol. The van der Waals surface area contributed by atoms with Gasteiger partial charge >= 0.3 is 0 Å². The van der Waals surface area contributed by atoms with Crippen LogP contribution in [0.2, 0.25) is 0 Å². The normalized spacial score (nSPS) is 25.8. The molecule has 0 radical (unpaired) electrons. The molecule has 4 rings (SSSR count). The molecule has 5 heteroatoms. The Morgan fingerprint density at radius 3 is 2.54 bits per heavy atom. The second-order valence-electron chi connectivity index (χ2n) is 8.24. The third-order valence-electron chi connectivity index (χ3n) is 6.44. The summed E-state index contributed by atoms with van der Waals surface area (Å²) in [5.41, 5.74) is 0. The summed E-state index contributed by atoms with van der Waals surface area (Å²) in [4.78, 5) is 17.6. The number of nitrogens with zero attached hydrogens (tertiary/aromatic N) is 2. The molecular weight excluding hydrogens is 328 g/mol. The van der Waals surface area contributed by atoms with Gasteiger partial charge in [-0.1, -0.05) is 12.8 Å². The van der Waals surface area contributed by atoms with E-state index in [1.807, 2.05) is 4.90 Å². The van der Waals surface area contributed by atoms with E-state index in [1.54, 1.807) is 18.4 Å². The largest absolute Gasteiger partial charge is 0.459 e. The lowest BCUT2D eigenvalue weighted by Gasteiger charge is -2.38. The number of furan rings is 1. The highest BCUT2D eigenvalue weighted by Crippen LogP contribution is 2.28. The molecule has 0 spiro atoms. The lowest BCUT2D eigenvalue weighted by Crippen LogP contribution is -2.45. The van der Waals surface area contributed by atoms with Crippen molar-refractivity contribution in [2.75, 3.05) is 32.8 Å². The summed E-state index contributed by atoms with van der Waals surface area (Å²) in [5.74, 6) is 1.06. The molecule has 1 aliphatic carbocycles. The molecule has 0 N–H and O–H groups in total. The van der Waals surface area contributed by atoms with Gasteiger partial charge in [-0.15, -0.1) is 0 Å². The highest BCUT2D eigenvalue weighted by atomic mass is 16.5. The SMILES string of the molecule is O=C(c1ccco1)N(CC1CCN(C2CCCC2)CC1)C[C@H]1CCCO1. The summed E-state index contributed by atoms with van der Waals surface area (Å²) in [6, 6.07) is 4.38. The van der Waals surface area contributed by atoms with Crippen molar-refractivity contribution in [2.24, 2.45) is 5.92 Å². The Bertz CT molecular complexity index is 554. The summed E-state index contributed by atoms with van der Waals surface area (Å²) in [6.07, 6.45) is 11.9. The van der Waals surface area contributed by atoms with Gasteiger partial charge < -0.3 is 19.0 Å². The van der Waals surface area contributed by atoms with E-state index in [-0.39, 0.29) is 12.0 Å². The third-order valence-corrected chi connectivity index (χ3v) is 6.44. The van der Waals surface area contributed by atoms with Gasteiger partial charge in [0.25, 0.3) is 5.91 Å². The second-order valence-corrected chi connectivity index (χ2v) is 8.24. The summed E-state index contributed by atoms with van der Waals surface area (Å²) >= 11 is 0. The van der Waals surface area contributed by atoms with E-state index in [4.69, 9.17) is 9.15 Å². The minimum Gasteiger partial charge on any atom is -0.459 e. The predicted octanol–water partition coefficient (Wildman–Crippen LogP) is 3.56. The molecule has 3 fully saturated rings. The first-order chi connectivity index (χ1) is 12.8. The monoisotopic (exact) mass is 360 g/mol. The number of amides is 1. The van der Waals surface area contributed by atoms with Crippen LogP contribution in [0, 0.1) is 5.92 Å². The number of hydrogen-bond acceptors (Lipinski definition) is 4. The van der Waals surface area contributed by atoms with Gasteiger partial charge in [0.2, 0.25) is 0 Å². The molecule has 0 unspecified atom stereocenters. The Morgan fingerprint density at radius 2 is 1.88 bits per heavy atom. The number of ether oxygens (including phenoxy) is 1. The molecule has 26 heavy (non-hydrogen) atoms. The molecule has 0 bridgehead atoms. The number of piperidine rings is 1. The Kier molecular flexibility index (Phi) is 5.95. The van der Waals surface area contributed by atoms with Gasteiger partial charge in [0, 0.05) is 25.7 Å². The Labute approximate surface area is 156 Å². The Hall–Kier alpha value is -1.33.